The number of nitrogens with two attached hydrogens (primary N) is 1. The van der Waals surface area contributed by atoms with Gasteiger partial charge < -0.3 is 15.2 Å². The van der Waals surface area contributed by atoms with Crippen molar-refractivity contribution in [2.75, 3.05) is 14.2 Å². The van der Waals surface area contributed by atoms with E-state index in [1.54, 1.807) is 44.6 Å². The minimum Gasteiger partial charge on any atom is -0.496 e. The van der Waals surface area contributed by atoms with Crippen LogP contribution >= 0.6 is 43.2 Å². The molecule has 2 N–H and O–H groups in total. The van der Waals surface area contributed by atoms with Crippen molar-refractivity contribution in [1.82, 2.24) is 4.57 Å². The van der Waals surface area contributed by atoms with E-state index in [0.29, 0.717) is 30.7 Å². The molecule has 0 saturated heterocycles. The zero-order chi connectivity index (χ0) is 24.6. The summed E-state index contributed by atoms with van der Waals surface area (Å²) in [6, 6.07) is 15.1. The van der Waals surface area contributed by atoms with Gasteiger partial charge in [0, 0.05) is 0 Å². The second-order valence-electron chi connectivity index (χ2n) is 7.21. The molecule has 0 radical (unpaired) electrons. The molecule has 0 saturated carbocycles. The number of nitrogens with zero attached hydrogens (tertiary/aromatic N) is 3. The van der Waals surface area contributed by atoms with Gasteiger partial charge in [0.05, 0.1) is 56.9 Å². The van der Waals surface area contributed by atoms with Gasteiger partial charge in [-0.05, 0) is 73.3 Å². The predicted octanol–water partition coefficient (Wildman–Crippen LogP) is 3.40. The minimum absolute atomic E-state index is 0.0188. The summed E-state index contributed by atoms with van der Waals surface area (Å²) in [6.07, 6.45) is 1.72. The van der Waals surface area contributed by atoms with Crippen molar-refractivity contribution in [2.45, 2.75) is 5.92 Å². The van der Waals surface area contributed by atoms with E-state index < -0.39 is 5.92 Å². The molecule has 7 nitrogen and oxygen atoms in total. The van der Waals surface area contributed by atoms with Crippen LogP contribution in [0.2, 0.25) is 0 Å². The molecule has 34 heavy (non-hydrogen) atoms. The zero-order valence-corrected chi connectivity index (χ0v) is 21.9. The maximum atomic E-state index is 13.3. The third kappa shape index (κ3) is 3.94. The summed E-state index contributed by atoms with van der Waals surface area (Å²) in [4.78, 5) is 13.3. The molecule has 3 aromatic rings. The molecule has 0 amide bonds. The number of hydrogen-bond acceptors (Lipinski definition) is 7. The van der Waals surface area contributed by atoms with Crippen molar-refractivity contribution in [3.63, 3.8) is 0 Å². The Morgan fingerprint density at radius 2 is 1.65 bits per heavy atom. The number of aromatic nitrogens is 1. The smallest absolute Gasteiger partial charge is 0.274 e. The molecule has 4 rings (SSSR count). The third-order valence-electron chi connectivity index (χ3n) is 5.37. The van der Waals surface area contributed by atoms with Crippen molar-refractivity contribution in [1.29, 1.82) is 10.5 Å². The Morgan fingerprint density at radius 3 is 2.21 bits per heavy atom. The first-order valence-electron chi connectivity index (χ1n) is 9.79. The fourth-order valence-electron chi connectivity index (χ4n) is 3.77. The van der Waals surface area contributed by atoms with E-state index in [2.05, 4.69) is 44.0 Å². The number of nitriles is 2. The van der Waals surface area contributed by atoms with Crippen LogP contribution in [0.5, 0.6) is 11.5 Å². The number of rotatable bonds is 4. The fourth-order valence-corrected chi connectivity index (χ4v) is 6.02. The number of methoxy groups -OCH3 is 2. The largest absolute Gasteiger partial charge is 0.496 e. The molecule has 1 aromatic heterocycles. The van der Waals surface area contributed by atoms with Gasteiger partial charge in [-0.2, -0.15) is 10.5 Å². The molecule has 1 atom stereocenters. The normalized spacial score (nSPS) is 15.5. The maximum Gasteiger partial charge on any atom is 0.274 e. The van der Waals surface area contributed by atoms with Gasteiger partial charge in [0.2, 0.25) is 0 Å². The highest BCUT2D eigenvalue weighted by molar-refractivity contribution is 9.10. The first-order valence-corrected chi connectivity index (χ1v) is 12.2. The van der Waals surface area contributed by atoms with Gasteiger partial charge in [-0.3, -0.25) is 9.36 Å². The molecule has 170 valence electrons. The quantitative estimate of drug-likeness (QED) is 0.492. The lowest BCUT2D eigenvalue weighted by Gasteiger charge is -2.22. The molecule has 0 fully saturated rings. The van der Waals surface area contributed by atoms with Crippen molar-refractivity contribution in [3.8, 4) is 23.6 Å². The topological polar surface area (TPSA) is 114 Å². The van der Waals surface area contributed by atoms with Gasteiger partial charge in [-0.1, -0.05) is 12.1 Å². The SMILES string of the molecule is COc1ccc(C=c2sc3n(c2=O)C(N)=C(C#N)[C@@H](c2ccc(OC)c(Br)c2)C=3C#N)cc1Br. The van der Waals surface area contributed by atoms with Crippen LogP contribution in [0.1, 0.15) is 17.0 Å². The highest BCUT2D eigenvalue weighted by atomic mass is 79.9. The fraction of sp³-hybridized carbons (Fsp3) is 0.125. The zero-order valence-electron chi connectivity index (χ0n) is 17.9. The number of halogens is 2. The minimum atomic E-state index is -0.710. The van der Waals surface area contributed by atoms with Crippen LogP contribution in [0.4, 0.5) is 0 Å². The second kappa shape index (κ2) is 9.51. The Balaban J connectivity index is 2.00. The number of fused-ring (bicyclic) bond motifs is 1. The standard InChI is InChI=1S/C24H16Br2N4O3S/c1-32-18-5-3-12(7-16(18)25)8-20-23(31)30-22(29)14(10-27)21(15(11-28)24(30)34-20)13-4-6-19(33-2)17(26)9-13/h3-9,21H,29H2,1-2H3/t21-/m1/s1. The monoisotopic (exact) mass is 598 g/mol. The van der Waals surface area contributed by atoms with E-state index in [9.17, 15) is 15.3 Å². The molecule has 1 aliphatic heterocycles. The van der Waals surface area contributed by atoms with E-state index in [1.807, 2.05) is 12.1 Å². The number of ether oxygens (including phenoxy) is 2. The molecule has 0 bridgehead atoms. The van der Waals surface area contributed by atoms with Crippen molar-refractivity contribution in [3.05, 3.63) is 81.6 Å². The summed E-state index contributed by atoms with van der Waals surface area (Å²) in [5.41, 5.74) is 7.81. The van der Waals surface area contributed by atoms with Crippen molar-refractivity contribution >= 4 is 60.7 Å². The molecule has 10 heteroatoms. The van der Waals surface area contributed by atoms with E-state index in [1.165, 1.54) is 4.57 Å². The summed E-state index contributed by atoms with van der Waals surface area (Å²) < 4.78 is 14.0. The van der Waals surface area contributed by atoms with Crippen molar-refractivity contribution < 1.29 is 9.47 Å². The van der Waals surface area contributed by atoms with E-state index >= 15 is 0 Å². The average molecular weight is 600 g/mol. The lowest BCUT2D eigenvalue weighted by atomic mass is 9.84. The molecular formula is C24H16Br2N4O3S. The van der Waals surface area contributed by atoms with Gasteiger partial charge in [0.1, 0.15) is 22.0 Å². The lowest BCUT2D eigenvalue weighted by molar-refractivity contribution is 0.412. The van der Waals surface area contributed by atoms with Crippen LogP contribution in [-0.4, -0.2) is 18.8 Å². The van der Waals surface area contributed by atoms with Crippen LogP contribution in [0.15, 0.2) is 55.7 Å². The number of thiazole rings is 1. The van der Waals surface area contributed by atoms with E-state index in [0.717, 1.165) is 21.4 Å². The molecule has 2 aromatic carbocycles. The summed E-state index contributed by atoms with van der Waals surface area (Å²) in [5.74, 6) is 0.589. The molecule has 0 unspecified atom stereocenters. The number of allylic oxidation sites excluding steroid dienone is 1. The van der Waals surface area contributed by atoms with Crippen LogP contribution in [-0.2, 0) is 0 Å². The van der Waals surface area contributed by atoms with E-state index in [-0.39, 0.29) is 22.5 Å². The van der Waals surface area contributed by atoms with E-state index in [4.69, 9.17) is 15.2 Å². The first-order chi connectivity index (χ1) is 16.3. The predicted molar refractivity (Wildman–Crippen MR) is 138 cm³/mol. The molecule has 0 aliphatic carbocycles. The summed E-state index contributed by atoms with van der Waals surface area (Å²) in [5, 5.41) is 20.0. The molecular weight excluding hydrogens is 584 g/mol. The number of benzene rings is 2. The Bertz CT molecular complexity index is 1620. The molecule has 1 aliphatic rings. The van der Waals surface area contributed by atoms with Gasteiger partial charge in [-0.15, -0.1) is 11.3 Å². The third-order valence-corrected chi connectivity index (χ3v) is 7.72. The highest BCUT2D eigenvalue weighted by Crippen LogP contribution is 2.38. The summed E-state index contributed by atoms with van der Waals surface area (Å²) in [6.45, 7) is 0. The van der Waals surface area contributed by atoms with Gasteiger partial charge >= 0.3 is 0 Å². The second-order valence-corrected chi connectivity index (χ2v) is 9.95. The molecule has 0 spiro atoms. The first kappa shape index (κ1) is 23.8. The molecule has 2 heterocycles. The summed E-state index contributed by atoms with van der Waals surface area (Å²) >= 11 is 8.06. The highest BCUT2D eigenvalue weighted by Gasteiger charge is 2.32. The number of hydrogen-bond donors (Lipinski definition) is 1. The summed E-state index contributed by atoms with van der Waals surface area (Å²) in [7, 11) is 3.12. The van der Waals surface area contributed by atoms with Gasteiger partial charge in [0.15, 0.2) is 0 Å². The Hall–Kier alpha value is -3.31. The van der Waals surface area contributed by atoms with Gasteiger partial charge in [0.25, 0.3) is 5.56 Å². The average Bonchev–Trinajstić information content (AvgIpc) is 3.15. The van der Waals surface area contributed by atoms with Crippen LogP contribution in [0.25, 0.3) is 17.5 Å². The van der Waals surface area contributed by atoms with Crippen molar-refractivity contribution in [2.24, 2.45) is 5.73 Å². The van der Waals surface area contributed by atoms with Gasteiger partial charge in [-0.25, -0.2) is 0 Å². The van der Waals surface area contributed by atoms with Crippen LogP contribution in [0, 0.1) is 22.7 Å². The maximum absolute atomic E-state index is 13.3. The van der Waals surface area contributed by atoms with Crippen LogP contribution in [0.3, 0.4) is 0 Å². The Morgan fingerprint density at radius 1 is 1.03 bits per heavy atom. The van der Waals surface area contributed by atoms with Crippen LogP contribution < -0.4 is 30.0 Å². The lowest BCUT2D eigenvalue weighted by Crippen LogP contribution is -2.38. The Labute approximate surface area is 215 Å². The Kier molecular flexibility index (Phi) is 6.67.